The molecule has 1 saturated heterocycles. The van der Waals surface area contributed by atoms with Crippen LogP contribution in [0.3, 0.4) is 0 Å². The van der Waals surface area contributed by atoms with E-state index in [-0.39, 0.29) is 34.7 Å². The van der Waals surface area contributed by atoms with Crippen molar-refractivity contribution in [2.75, 3.05) is 25.1 Å². The second-order valence-electron chi connectivity index (χ2n) is 7.76. The molecular weight excluding hydrogens is 351 g/mol. The van der Waals surface area contributed by atoms with Crippen molar-refractivity contribution >= 4 is 16.6 Å². The first-order chi connectivity index (χ1) is 12.8. The minimum absolute atomic E-state index is 0.0121. The molecule has 0 spiro atoms. The number of nitrogens with one attached hydrogen (secondary N) is 1. The van der Waals surface area contributed by atoms with E-state index in [1.807, 2.05) is 11.8 Å². The van der Waals surface area contributed by atoms with Gasteiger partial charge in [0, 0.05) is 30.7 Å². The summed E-state index contributed by atoms with van der Waals surface area (Å²) in [6.45, 7) is 4.81. The van der Waals surface area contributed by atoms with Gasteiger partial charge in [0.1, 0.15) is 11.2 Å². The van der Waals surface area contributed by atoms with E-state index in [4.69, 9.17) is 10.5 Å². The van der Waals surface area contributed by atoms with Crippen LogP contribution in [0, 0.1) is 18.7 Å². The number of aromatic amines is 1. The van der Waals surface area contributed by atoms with E-state index in [0.717, 1.165) is 19.3 Å². The molecular formula is C19H25FN4O3. The summed E-state index contributed by atoms with van der Waals surface area (Å²) < 4.78 is 22.6. The Morgan fingerprint density at radius 3 is 2.56 bits per heavy atom. The number of benzene rings is 1. The van der Waals surface area contributed by atoms with Crippen LogP contribution in [0.1, 0.15) is 37.8 Å². The number of ether oxygens (including phenoxy) is 1. The fourth-order valence-electron chi connectivity index (χ4n) is 4.20. The van der Waals surface area contributed by atoms with Gasteiger partial charge < -0.3 is 15.4 Å². The van der Waals surface area contributed by atoms with Gasteiger partial charge in [0.05, 0.1) is 12.5 Å². The second-order valence-corrected chi connectivity index (χ2v) is 7.76. The molecule has 7 nitrogen and oxygen atoms in total. The standard InChI is InChI=1S/C19H25FN4O3/c1-9-13-15(24(12-4-5-12)19(26)22-18(13)25)17(27-3)16(14(9)20)23-7-6-11(8-23)10(2)21/h10-12H,4-8,21H2,1-3H3,(H,22,25,26)/t10-,11+/m1/s1. The van der Waals surface area contributed by atoms with Gasteiger partial charge in [-0.3, -0.25) is 14.3 Å². The maximum absolute atomic E-state index is 15.4. The summed E-state index contributed by atoms with van der Waals surface area (Å²) in [7, 11) is 1.45. The van der Waals surface area contributed by atoms with Crippen LogP contribution in [0.4, 0.5) is 10.1 Å². The van der Waals surface area contributed by atoms with E-state index < -0.39 is 17.1 Å². The molecule has 1 aliphatic carbocycles. The number of hydrogen-bond donors (Lipinski definition) is 2. The number of methoxy groups -OCH3 is 1. The van der Waals surface area contributed by atoms with Crippen molar-refractivity contribution in [1.82, 2.24) is 9.55 Å². The Morgan fingerprint density at radius 2 is 2.00 bits per heavy atom. The van der Waals surface area contributed by atoms with Crippen molar-refractivity contribution in [3.05, 3.63) is 32.2 Å². The van der Waals surface area contributed by atoms with Gasteiger partial charge in [0.25, 0.3) is 5.56 Å². The number of hydrogen-bond acceptors (Lipinski definition) is 5. The molecule has 2 fully saturated rings. The van der Waals surface area contributed by atoms with Gasteiger partial charge in [-0.15, -0.1) is 0 Å². The zero-order valence-electron chi connectivity index (χ0n) is 15.8. The van der Waals surface area contributed by atoms with Gasteiger partial charge in [-0.1, -0.05) is 0 Å². The number of fused-ring (bicyclic) bond motifs is 1. The number of anilines is 1. The van der Waals surface area contributed by atoms with E-state index in [9.17, 15) is 9.59 Å². The van der Waals surface area contributed by atoms with Crippen LogP contribution >= 0.6 is 0 Å². The largest absolute Gasteiger partial charge is 0.492 e. The lowest BCUT2D eigenvalue weighted by atomic mass is 10.0. The fraction of sp³-hybridized carbons (Fsp3) is 0.579. The smallest absolute Gasteiger partial charge is 0.329 e. The Kier molecular flexibility index (Phi) is 4.25. The van der Waals surface area contributed by atoms with Crippen molar-refractivity contribution in [3.8, 4) is 5.75 Å². The summed E-state index contributed by atoms with van der Waals surface area (Å²) in [5.41, 5.74) is 5.94. The summed E-state index contributed by atoms with van der Waals surface area (Å²) in [5, 5.41) is 0.183. The molecule has 2 atom stereocenters. The SMILES string of the molecule is COc1c(N2CC[C@H]([C@@H](C)N)C2)c(F)c(C)c2c(=O)[nH]c(=O)n(C3CC3)c12. The molecule has 2 aliphatic rings. The third-order valence-corrected chi connectivity index (χ3v) is 5.89. The number of aromatic nitrogens is 2. The summed E-state index contributed by atoms with van der Waals surface area (Å²) in [6.07, 6.45) is 2.57. The average molecular weight is 376 g/mol. The number of aryl methyl sites for hydroxylation is 1. The number of nitrogens with zero attached hydrogens (tertiary/aromatic N) is 2. The Bertz CT molecular complexity index is 1020. The van der Waals surface area contributed by atoms with Gasteiger partial charge in [0.2, 0.25) is 0 Å². The van der Waals surface area contributed by atoms with Crippen LogP contribution in [-0.4, -0.2) is 35.8 Å². The minimum Gasteiger partial charge on any atom is -0.492 e. The molecule has 0 amide bonds. The number of rotatable bonds is 4. The normalized spacial score (nSPS) is 21.1. The topological polar surface area (TPSA) is 93.3 Å². The van der Waals surface area contributed by atoms with E-state index in [1.165, 1.54) is 7.11 Å². The monoisotopic (exact) mass is 376 g/mol. The molecule has 3 N–H and O–H groups in total. The number of halogens is 1. The summed E-state index contributed by atoms with van der Waals surface area (Å²) in [6, 6.07) is 0.0250. The molecule has 2 heterocycles. The molecule has 0 bridgehead atoms. The quantitative estimate of drug-likeness (QED) is 0.846. The van der Waals surface area contributed by atoms with Gasteiger partial charge in [0.15, 0.2) is 11.6 Å². The van der Waals surface area contributed by atoms with Gasteiger partial charge >= 0.3 is 5.69 Å². The molecule has 27 heavy (non-hydrogen) atoms. The molecule has 146 valence electrons. The predicted molar refractivity (Wildman–Crippen MR) is 102 cm³/mol. The van der Waals surface area contributed by atoms with Crippen LogP contribution < -0.4 is 26.6 Å². The molecule has 1 saturated carbocycles. The summed E-state index contributed by atoms with van der Waals surface area (Å²) in [4.78, 5) is 29.3. The van der Waals surface area contributed by atoms with Gasteiger partial charge in [-0.05, 0) is 39.0 Å². The van der Waals surface area contributed by atoms with Crippen molar-refractivity contribution < 1.29 is 9.13 Å². The maximum atomic E-state index is 15.4. The predicted octanol–water partition coefficient (Wildman–Crippen LogP) is 1.65. The lowest BCUT2D eigenvalue weighted by Gasteiger charge is -2.26. The zero-order chi connectivity index (χ0) is 19.5. The lowest BCUT2D eigenvalue weighted by Crippen LogP contribution is -2.32. The van der Waals surface area contributed by atoms with Gasteiger partial charge in [-0.2, -0.15) is 0 Å². The molecule has 1 aromatic heterocycles. The summed E-state index contributed by atoms with van der Waals surface area (Å²) >= 11 is 0. The highest BCUT2D eigenvalue weighted by molar-refractivity contribution is 5.93. The molecule has 0 radical (unpaired) electrons. The molecule has 4 rings (SSSR count). The zero-order valence-corrected chi connectivity index (χ0v) is 15.8. The van der Waals surface area contributed by atoms with E-state index >= 15 is 4.39 Å². The van der Waals surface area contributed by atoms with E-state index in [2.05, 4.69) is 4.98 Å². The third-order valence-electron chi connectivity index (χ3n) is 5.89. The number of H-pyrrole nitrogens is 1. The molecule has 1 aromatic carbocycles. The second kappa shape index (κ2) is 6.37. The van der Waals surface area contributed by atoms with Crippen LogP contribution in [0.25, 0.3) is 10.9 Å². The first-order valence-electron chi connectivity index (χ1n) is 9.40. The Balaban J connectivity index is 2.03. The first-order valence-corrected chi connectivity index (χ1v) is 9.40. The Hall–Kier alpha value is -2.35. The maximum Gasteiger partial charge on any atom is 0.329 e. The average Bonchev–Trinajstić information content (AvgIpc) is 3.32. The van der Waals surface area contributed by atoms with Crippen LogP contribution in [0.15, 0.2) is 9.59 Å². The van der Waals surface area contributed by atoms with Gasteiger partial charge in [-0.25, -0.2) is 9.18 Å². The summed E-state index contributed by atoms with van der Waals surface area (Å²) in [5.74, 6) is 0.0413. The Labute approximate surface area is 155 Å². The highest BCUT2D eigenvalue weighted by Crippen LogP contribution is 2.44. The Morgan fingerprint density at radius 1 is 1.30 bits per heavy atom. The fourth-order valence-corrected chi connectivity index (χ4v) is 4.20. The molecule has 8 heteroatoms. The van der Waals surface area contributed by atoms with E-state index in [0.29, 0.717) is 24.3 Å². The number of nitrogens with two attached hydrogens (primary N) is 1. The molecule has 1 aliphatic heterocycles. The van der Waals surface area contributed by atoms with Crippen molar-refractivity contribution in [2.24, 2.45) is 11.7 Å². The van der Waals surface area contributed by atoms with Crippen LogP contribution in [0.5, 0.6) is 5.75 Å². The van der Waals surface area contributed by atoms with Crippen LogP contribution in [-0.2, 0) is 0 Å². The lowest BCUT2D eigenvalue weighted by molar-refractivity contribution is 0.412. The van der Waals surface area contributed by atoms with Crippen molar-refractivity contribution in [3.63, 3.8) is 0 Å². The highest BCUT2D eigenvalue weighted by Gasteiger charge is 2.35. The van der Waals surface area contributed by atoms with Crippen molar-refractivity contribution in [2.45, 2.75) is 45.2 Å². The van der Waals surface area contributed by atoms with Crippen molar-refractivity contribution in [1.29, 1.82) is 0 Å². The molecule has 0 unspecified atom stereocenters. The van der Waals surface area contributed by atoms with E-state index in [1.54, 1.807) is 11.5 Å². The minimum atomic E-state index is -0.581. The third kappa shape index (κ3) is 2.74. The molecule has 2 aromatic rings. The highest BCUT2D eigenvalue weighted by atomic mass is 19.1. The first kappa shape index (κ1) is 18.0. The van der Waals surface area contributed by atoms with Crippen LogP contribution in [0.2, 0.25) is 0 Å².